The summed E-state index contributed by atoms with van der Waals surface area (Å²) in [5, 5.41) is 0. The molecule has 1 saturated heterocycles. The number of nitrogens with zero attached hydrogens (tertiary/aromatic N) is 3. The lowest BCUT2D eigenvalue weighted by Crippen LogP contribution is -2.49. The summed E-state index contributed by atoms with van der Waals surface area (Å²) < 4.78 is 0. The van der Waals surface area contributed by atoms with Crippen LogP contribution in [0.4, 0.5) is 11.4 Å². The maximum Gasteiger partial charge on any atom is 0.265 e. The zero-order chi connectivity index (χ0) is 30.1. The quantitative estimate of drug-likeness (QED) is 0.226. The molecule has 0 saturated carbocycles. The fourth-order valence-electron chi connectivity index (χ4n) is 5.84. The minimum atomic E-state index is -0.00789. The molecular formula is C37H37N3O2S. The average molecular weight is 588 g/mol. The van der Waals surface area contributed by atoms with Crippen molar-refractivity contribution < 1.29 is 9.59 Å². The minimum Gasteiger partial charge on any atom is -0.368 e. The fourth-order valence-corrected chi connectivity index (χ4v) is 6.90. The predicted molar refractivity (Wildman–Crippen MR) is 178 cm³/mol. The molecule has 0 unspecified atom stereocenters. The SMILES string of the molecule is Cc1ccc(C)c(CN2C(=O)/C(=C/c3ccc(C(=O)N4CCN(c5cccc(C)c5C)CC4)cc3)Sc3ccccc32)c1. The van der Waals surface area contributed by atoms with E-state index in [2.05, 4.69) is 75.1 Å². The molecule has 2 heterocycles. The Morgan fingerprint density at radius 1 is 0.791 bits per heavy atom. The number of amides is 2. The summed E-state index contributed by atoms with van der Waals surface area (Å²) >= 11 is 1.51. The van der Waals surface area contributed by atoms with Crippen LogP contribution in [0, 0.1) is 27.7 Å². The van der Waals surface area contributed by atoms with Crippen molar-refractivity contribution in [1.82, 2.24) is 4.90 Å². The van der Waals surface area contributed by atoms with E-state index in [1.54, 1.807) is 0 Å². The van der Waals surface area contributed by atoms with Gasteiger partial charge in [-0.2, -0.15) is 0 Å². The van der Waals surface area contributed by atoms with E-state index in [1.807, 2.05) is 58.3 Å². The van der Waals surface area contributed by atoms with Crippen LogP contribution in [0.2, 0.25) is 0 Å². The van der Waals surface area contributed by atoms with Gasteiger partial charge in [-0.05, 0) is 91.9 Å². The molecule has 4 aromatic rings. The first-order valence-corrected chi connectivity index (χ1v) is 15.7. The van der Waals surface area contributed by atoms with Crippen molar-refractivity contribution in [2.45, 2.75) is 39.1 Å². The van der Waals surface area contributed by atoms with E-state index in [0.29, 0.717) is 30.1 Å². The highest BCUT2D eigenvalue weighted by atomic mass is 32.2. The number of piperazine rings is 1. The van der Waals surface area contributed by atoms with E-state index in [1.165, 1.54) is 39.7 Å². The summed E-state index contributed by atoms with van der Waals surface area (Å²) in [5.74, 6) is 0.0445. The van der Waals surface area contributed by atoms with Crippen LogP contribution < -0.4 is 9.80 Å². The predicted octanol–water partition coefficient (Wildman–Crippen LogP) is 7.56. The maximum absolute atomic E-state index is 13.8. The van der Waals surface area contributed by atoms with Crippen LogP contribution in [-0.2, 0) is 11.3 Å². The van der Waals surface area contributed by atoms with E-state index in [0.717, 1.165) is 34.8 Å². The Morgan fingerprint density at radius 2 is 1.51 bits per heavy atom. The normalized spacial score (nSPS) is 16.0. The molecule has 0 N–H and O–H groups in total. The number of thioether (sulfide) groups is 1. The van der Waals surface area contributed by atoms with Gasteiger partial charge < -0.3 is 14.7 Å². The van der Waals surface area contributed by atoms with Gasteiger partial charge in [-0.25, -0.2) is 0 Å². The molecule has 6 rings (SSSR count). The molecule has 2 aliphatic heterocycles. The summed E-state index contributed by atoms with van der Waals surface area (Å²) in [6, 6.07) is 28.5. The lowest BCUT2D eigenvalue weighted by Gasteiger charge is -2.37. The molecule has 1 fully saturated rings. The molecule has 218 valence electrons. The number of benzene rings is 4. The fraction of sp³-hybridized carbons (Fsp3) is 0.243. The van der Waals surface area contributed by atoms with Crippen molar-refractivity contribution in [3.63, 3.8) is 0 Å². The summed E-state index contributed by atoms with van der Waals surface area (Å²) in [4.78, 5) is 35.1. The van der Waals surface area contributed by atoms with Crippen LogP contribution in [0.3, 0.4) is 0 Å². The van der Waals surface area contributed by atoms with Gasteiger partial charge in [0.15, 0.2) is 0 Å². The Balaban J connectivity index is 1.17. The topological polar surface area (TPSA) is 43.9 Å². The molecule has 0 spiro atoms. The highest BCUT2D eigenvalue weighted by Crippen LogP contribution is 2.43. The number of para-hydroxylation sites is 1. The highest BCUT2D eigenvalue weighted by molar-refractivity contribution is 8.04. The molecule has 6 heteroatoms. The van der Waals surface area contributed by atoms with Crippen LogP contribution >= 0.6 is 11.8 Å². The molecule has 0 aliphatic carbocycles. The number of rotatable bonds is 5. The van der Waals surface area contributed by atoms with E-state index in [9.17, 15) is 9.59 Å². The van der Waals surface area contributed by atoms with E-state index in [4.69, 9.17) is 0 Å². The third kappa shape index (κ3) is 5.98. The van der Waals surface area contributed by atoms with Gasteiger partial charge in [-0.3, -0.25) is 9.59 Å². The van der Waals surface area contributed by atoms with E-state index >= 15 is 0 Å². The van der Waals surface area contributed by atoms with Gasteiger partial charge in [0.05, 0.1) is 17.1 Å². The molecule has 2 aliphatic rings. The Kier molecular flexibility index (Phi) is 8.13. The standard InChI is InChI=1S/C37H37N3O2S/c1-25-12-13-27(3)31(22-25)24-40-33-9-5-6-11-34(33)43-35(37(40)42)23-29-14-16-30(17-15-29)36(41)39-20-18-38(19-21-39)32-10-7-8-26(2)28(32)4/h5-17,22-23H,18-21,24H2,1-4H3/b35-23-. The van der Waals surface area contributed by atoms with Crippen molar-refractivity contribution >= 4 is 41.0 Å². The van der Waals surface area contributed by atoms with Gasteiger partial charge in [-0.1, -0.05) is 71.9 Å². The second kappa shape index (κ2) is 12.1. The zero-order valence-corrected chi connectivity index (χ0v) is 26.1. The number of anilines is 2. The number of aryl methyl sites for hydroxylation is 3. The van der Waals surface area contributed by atoms with Gasteiger partial charge >= 0.3 is 0 Å². The highest BCUT2D eigenvalue weighted by Gasteiger charge is 2.29. The van der Waals surface area contributed by atoms with Crippen molar-refractivity contribution in [1.29, 1.82) is 0 Å². The number of carbonyl (C=O) groups excluding carboxylic acids is 2. The first-order valence-electron chi connectivity index (χ1n) is 14.9. The Morgan fingerprint density at radius 3 is 2.28 bits per heavy atom. The molecule has 0 bridgehead atoms. The lowest BCUT2D eigenvalue weighted by molar-refractivity contribution is -0.114. The Labute approximate surface area is 258 Å². The molecule has 0 radical (unpaired) electrons. The average Bonchev–Trinajstić information content (AvgIpc) is 3.02. The molecule has 4 aromatic carbocycles. The molecule has 2 amide bonds. The van der Waals surface area contributed by atoms with Gasteiger partial charge in [-0.15, -0.1) is 0 Å². The number of carbonyl (C=O) groups is 2. The Hall–Kier alpha value is -4.29. The first kappa shape index (κ1) is 28.8. The summed E-state index contributed by atoms with van der Waals surface area (Å²) in [6.07, 6.45) is 1.94. The van der Waals surface area contributed by atoms with Crippen LogP contribution in [0.1, 0.15) is 43.7 Å². The molecule has 5 nitrogen and oxygen atoms in total. The van der Waals surface area contributed by atoms with Gasteiger partial charge in [0, 0.05) is 42.3 Å². The van der Waals surface area contributed by atoms with Crippen molar-refractivity contribution in [2.75, 3.05) is 36.0 Å². The summed E-state index contributed by atoms with van der Waals surface area (Å²) in [6.45, 7) is 12.0. The van der Waals surface area contributed by atoms with Gasteiger partial charge in [0.25, 0.3) is 11.8 Å². The van der Waals surface area contributed by atoms with Gasteiger partial charge in [0.1, 0.15) is 0 Å². The monoisotopic (exact) mass is 587 g/mol. The second-order valence-electron chi connectivity index (χ2n) is 11.5. The largest absolute Gasteiger partial charge is 0.368 e. The second-order valence-corrected chi connectivity index (χ2v) is 12.6. The maximum atomic E-state index is 13.8. The smallest absolute Gasteiger partial charge is 0.265 e. The van der Waals surface area contributed by atoms with Crippen LogP contribution in [-0.4, -0.2) is 42.9 Å². The molecule has 43 heavy (non-hydrogen) atoms. The molecule has 0 atom stereocenters. The van der Waals surface area contributed by atoms with Gasteiger partial charge in [0.2, 0.25) is 0 Å². The number of hydrogen-bond donors (Lipinski definition) is 0. The molecular weight excluding hydrogens is 550 g/mol. The number of hydrogen-bond acceptors (Lipinski definition) is 4. The van der Waals surface area contributed by atoms with E-state index < -0.39 is 0 Å². The minimum absolute atomic E-state index is 0.00789. The third-order valence-electron chi connectivity index (χ3n) is 8.60. The van der Waals surface area contributed by atoms with Crippen molar-refractivity contribution in [3.05, 3.63) is 129 Å². The summed E-state index contributed by atoms with van der Waals surface area (Å²) in [5.41, 5.74) is 9.87. The van der Waals surface area contributed by atoms with Crippen molar-refractivity contribution in [3.8, 4) is 0 Å². The first-order chi connectivity index (χ1) is 20.8. The molecule has 0 aromatic heterocycles. The van der Waals surface area contributed by atoms with Crippen LogP contribution in [0.25, 0.3) is 6.08 Å². The Bertz CT molecular complexity index is 1720. The zero-order valence-electron chi connectivity index (χ0n) is 25.3. The van der Waals surface area contributed by atoms with Crippen LogP contribution in [0.15, 0.2) is 94.7 Å². The van der Waals surface area contributed by atoms with Crippen LogP contribution in [0.5, 0.6) is 0 Å². The number of fused-ring (bicyclic) bond motifs is 1. The summed E-state index contributed by atoms with van der Waals surface area (Å²) in [7, 11) is 0. The third-order valence-corrected chi connectivity index (χ3v) is 9.68. The van der Waals surface area contributed by atoms with E-state index in [-0.39, 0.29) is 11.8 Å². The lowest BCUT2D eigenvalue weighted by atomic mass is 10.0. The van der Waals surface area contributed by atoms with Crippen molar-refractivity contribution in [2.24, 2.45) is 0 Å².